The summed E-state index contributed by atoms with van der Waals surface area (Å²) in [6.45, 7) is 2.30. The maximum atomic E-state index is 12.2. The molecule has 0 radical (unpaired) electrons. The highest BCUT2D eigenvalue weighted by atomic mass is 79.9. The standard InChI is InChI=1S/C15H20BrNO3S/c16-12-4-6-15(7-5-12)21(18,19)20-14-10-13(11-14)17-8-2-1-3-9-17/h4-7,13-14H,1-3,8-11H2. The van der Waals surface area contributed by atoms with Crippen LogP contribution in [0, 0.1) is 0 Å². The minimum atomic E-state index is -3.63. The van der Waals surface area contributed by atoms with Crippen LogP contribution in [-0.4, -0.2) is 38.6 Å². The Balaban J connectivity index is 1.54. The molecule has 0 N–H and O–H groups in total. The molecule has 0 atom stereocenters. The first-order valence-electron chi connectivity index (χ1n) is 7.47. The van der Waals surface area contributed by atoms with Crippen molar-refractivity contribution in [3.8, 4) is 0 Å². The molecule has 1 aliphatic heterocycles. The van der Waals surface area contributed by atoms with Crippen molar-refractivity contribution in [1.82, 2.24) is 4.90 Å². The number of piperidine rings is 1. The Morgan fingerprint density at radius 2 is 1.67 bits per heavy atom. The zero-order valence-corrected chi connectivity index (χ0v) is 14.3. The van der Waals surface area contributed by atoms with E-state index in [1.807, 2.05) is 0 Å². The Hall–Kier alpha value is -0.430. The molecule has 0 amide bonds. The molecular weight excluding hydrogens is 354 g/mol. The first kappa shape index (κ1) is 15.5. The van der Waals surface area contributed by atoms with Crippen LogP contribution < -0.4 is 0 Å². The summed E-state index contributed by atoms with van der Waals surface area (Å²) in [4.78, 5) is 2.71. The van der Waals surface area contributed by atoms with Crippen LogP contribution in [0.1, 0.15) is 32.1 Å². The highest BCUT2D eigenvalue weighted by Crippen LogP contribution is 2.32. The van der Waals surface area contributed by atoms with Crippen LogP contribution in [0.5, 0.6) is 0 Å². The molecule has 1 aromatic rings. The van der Waals surface area contributed by atoms with Gasteiger partial charge in [0.05, 0.1) is 11.0 Å². The molecule has 2 aliphatic rings. The SMILES string of the molecule is O=S(=O)(OC1CC(N2CCCCC2)C1)c1ccc(Br)cc1. The van der Waals surface area contributed by atoms with Gasteiger partial charge in [-0.15, -0.1) is 0 Å². The highest BCUT2D eigenvalue weighted by molar-refractivity contribution is 9.10. The zero-order chi connectivity index (χ0) is 14.9. The van der Waals surface area contributed by atoms with Gasteiger partial charge in [0.1, 0.15) is 0 Å². The molecule has 4 nitrogen and oxygen atoms in total. The molecule has 1 saturated carbocycles. The van der Waals surface area contributed by atoms with Crippen molar-refractivity contribution >= 4 is 26.0 Å². The Morgan fingerprint density at radius 1 is 1.05 bits per heavy atom. The topological polar surface area (TPSA) is 46.6 Å². The van der Waals surface area contributed by atoms with E-state index in [0.29, 0.717) is 6.04 Å². The highest BCUT2D eigenvalue weighted by Gasteiger charge is 2.37. The number of halogens is 1. The number of hydrogen-bond donors (Lipinski definition) is 0. The number of nitrogens with zero attached hydrogens (tertiary/aromatic N) is 1. The lowest BCUT2D eigenvalue weighted by Gasteiger charge is -2.43. The van der Waals surface area contributed by atoms with E-state index < -0.39 is 10.1 Å². The lowest BCUT2D eigenvalue weighted by Crippen LogP contribution is -2.50. The maximum Gasteiger partial charge on any atom is 0.297 e. The molecule has 3 rings (SSSR count). The maximum absolute atomic E-state index is 12.2. The average molecular weight is 374 g/mol. The van der Waals surface area contributed by atoms with Gasteiger partial charge in [0.2, 0.25) is 0 Å². The predicted octanol–water partition coefficient (Wildman–Crippen LogP) is 3.17. The van der Waals surface area contributed by atoms with Crippen molar-refractivity contribution in [1.29, 1.82) is 0 Å². The summed E-state index contributed by atoms with van der Waals surface area (Å²) >= 11 is 3.30. The van der Waals surface area contributed by atoms with Crippen molar-refractivity contribution < 1.29 is 12.6 Å². The summed E-state index contributed by atoms with van der Waals surface area (Å²) in [5, 5.41) is 0. The van der Waals surface area contributed by atoms with E-state index >= 15 is 0 Å². The van der Waals surface area contributed by atoms with Crippen molar-refractivity contribution in [3.05, 3.63) is 28.7 Å². The second-order valence-electron chi connectivity index (χ2n) is 5.85. The number of rotatable bonds is 4. The summed E-state index contributed by atoms with van der Waals surface area (Å²) in [6.07, 6.45) is 5.34. The van der Waals surface area contributed by atoms with Gasteiger partial charge in [-0.25, -0.2) is 0 Å². The number of hydrogen-bond acceptors (Lipinski definition) is 4. The molecule has 0 aromatic heterocycles. The summed E-state index contributed by atoms with van der Waals surface area (Å²) in [5.41, 5.74) is 0. The van der Waals surface area contributed by atoms with Crippen molar-refractivity contribution in [2.45, 2.75) is 49.1 Å². The second-order valence-corrected chi connectivity index (χ2v) is 8.34. The molecule has 0 unspecified atom stereocenters. The van der Waals surface area contributed by atoms with E-state index in [4.69, 9.17) is 4.18 Å². The smallest absolute Gasteiger partial charge is 0.297 e. The van der Waals surface area contributed by atoms with Crippen LogP contribution in [0.2, 0.25) is 0 Å². The van der Waals surface area contributed by atoms with Crippen LogP contribution >= 0.6 is 15.9 Å². The predicted molar refractivity (Wildman–Crippen MR) is 84.6 cm³/mol. The van der Waals surface area contributed by atoms with Crippen LogP contribution in [-0.2, 0) is 14.3 Å². The molecule has 21 heavy (non-hydrogen) atoms. The van der Waals surface area contributed by atoms with Crippen LogP contribution in [0.4, 0.5) is 0 Å². The Labute approximate surface area is 134 Å². The molecule has 0 bridgehead atoms. The molecule has 1 aliphatic carbocycles. The quantitative estimate of drug-likeness (QED) is 0.760. The summed E-state index contributed by atoms with van der Waals surface area (Å²) < 4.78 is 30.6. The van der Waals surface area contributed by atoms with E-state index in [1.54, 1.807) is 24.3 Å². The van der Waals surface area contributed by atoms with E-state index in [-0.39, 0.29) is 11.0 Å². The lowest BCUT2D eigenvalue weighted by atomic mass is 9.87. The fourth-order valence-electron chi connectivity index (χ4n) is 3.03. The first-order valence-corrected chi connectivity index (χ1v) is 9.68. The minimum absolute atomic E-state index is 0.162. The van der Waals surface area contributed by atoms with E-state index in [1.165, 1.54) is 19.3 Å². The zero-order valence-electron chi connectivity index (χ0n) is 11.9. The number of benzene rings is 1. The van der Waals surface area contributed by atoms with Gasteiger partial charge in [-0.1, -0.05) is 22.4 Å². The molecule has 2 fully saturated rings. The third-order valence-electron chi connectivity index (χ3n) is 4.34. The van der Waals surface area contributed by atoms with Crippen molar-refractivity contribution in [2.24, 2.45) is 0 Å². The van der Waals surface area contributed by atoms with Crippen LogP contribution in [0.15, 0.2) is 33.6 Å². The Kier molecular flexibility index (Phi) is 4.69. The van der Waals surface area contributed by atoms with Gasteiger partial charge in [0.25, 0.3) is 10.1 Å². The third-order valence-corrected chi connectivity index (χ3v) is 6.25. The van der Waals surface area contributed by atoms with E-state index in [0.717, 1.165) is 30.4 Å². The Bertz CT molecular complexity index is 575. The van der Waals surface area contributed by atoms with Gasteiger partial charge >= 0.3 is 0 Å². The van der Waals surface area contributed by atoms with Gasteiger partial charge in [0, 0.05) is 10.5 Å². The minimum Gasteiger partial charge on any atom is -0.300 e. The van der Waals surface area contributed by atoms with Gasteiger partial charge in [-0.2, -0.15) is 8.42 Å². The molecular formula is C15H20BrNO3S. The molecule has 1 heterocycles. The van der Waals surface area contributed by atoms with E-state index in [2.05, 4.69) is 20.8 Å². The average Bonchev–Trinajstić information content (AvgIpc) is 2.44. The second kappa shape index (κ2) is 6.36. The number of likely N-dealkylation sites (tertiary alicyclic amines) is 1. The molecule has 6 heteroatoms. The fraction of sp³-hybridized carbons (Fsp3) is 0.600. The Morgan fingerprint density at radius 3 is 2.29 bits per heavy atom. The van der Waals surface area contributed by atoms with Crippen LogP contribution in [0.25, 0.3) is 0 Å². The fourth-order valence-corrected chi connectivity index (χ4v) is 4.39. The monoisotopic (exact) mass is 373 g/mol. The molecule has 116 valence electrons. The van der Waals surface area contributed by atoms with Crippen molar-refractivity contribution in [2.75, 3.05) is 13.1 Å². The van der Waals surface area contributed by atoms with Gasteiger partial charge in [-0.3, -0.25) is 4.18 Å². The lowest BCUT2D eigenvalue weighted by molar-refractivity contribution is 0.0124. The van der Waals surface area contributed by atoms with Gasteiger partial charge in [0.15, 0.2) is 0 Å². The molecule has 0 spiro atoms. The van der Waals surface area contributed by atoms with Crippen molar-refractivity contribution in [3.63, 3.8) is 0 Å². The normalized spacial score (nSPS) is 27.3. The first-order chi connectivity index (χ1) is 10.0. The summed E-state index contributed by atoms with van der Waals surface area (Å²) in [6, 6.07) is 7.08. The van der Waals surface area contributed by atoms with E-state index in [9.17, 15) is 8.42 Å². The largest absolute Gasteiger partial charge is 0.300 e. The van der Waals surface area contributed by atoms with Crippen LogP contribution in [0.3, 0.4) is 0 Å². The third kappa shape index (κ3) is 3.67. The molecule has 1 saturated heterocycles. The summed E-state index contributed by atoms with van der Waals surface area (Å²) in [5.74, 6) is 0. The van der Waals surface area contributed by atoms with Gasteiger partial charge in [-0.05, 0) is 63.0 Å². The van der Waals surface area contributed by atoms with Gasteiger partial charge < -0.3 is 4.90 Å². The molecule has 1 aromatic carbocycles. The summed E-state index contributed by atoms with van der Waals surface area (Å²) in [7, 11) is -3.63.